The third-order valence-electron chi connectivity index (χ3n) is 2.57. The van der Waals surface area contributed by atoms with Crippen molar-refractivity contribution in [1.29, 1.82) is 0 Å². The van der Waals surface area contributed by atoms with Crippen molar-refractivity contribution < 1.29 is 19.1 Å². The average molecular weight is 267 g/mol. The van der Waals surface area contributed by atoms with Gasteiger partial charge in [0.25, 0.3) is 5.91 Å². The van der Waals surface area contributed by atoms with E-state index >= 15 is 0 Å². The zero-order valence-corrected chi connectivity index (χ0v) is 11.1. The van der Waals surface area contributed by atoms with Crippen molar-refractivity contribution in [2.75, 3.05) is 13.1 Å². The lowest BCUT2D eigenvalue weighted by atomic mass is 10.1. The summed E-state index contributed by atoms with van der Waals surface area (Å²) in [6.07, 6.45) is -0.146. The van der Waals surface area contributed by atoms with E-state index in [1.807, 2.05) is 13.8 Å². The van der Waals surface area contributed by atoms with Crippen LogP contribution in [-0.2, 0) is 4.79 Å². The quantitative estimate of drug-likeness (QED) is 0.861. The molecule has 0 spiro atoms. The van der Waals surface area contributed by atoms with Crippen LogP contribution in [0.2, 0.25) is 0 Å². The first-order valence-electron chi connectivity index (χ1n) is 6.17. The molecule has 0 saturated carbocycles. The van der Waals surface area contributed by atoms with Crippen molar-refractivity contribution in [3.05, 3.63) is 35.6 Å². The third-order valence-corrected chi connectivity index (χ3v) is 2.57. The number of carbonyl (C=O) groups excluding carboxylic acids is 1. The van der Waals surface area contributed by atoms with Crippen LogP contribution in [0.15, 0.2) is 24.3 Å². The molecule has 0 saturated heterocycles. The lowest BCUT2D eigenvalue weighted by Gasteiger charge is -2.24. The minimum atomic E-state index is -0.977. The van der Waals surface area contributed by atoms with Crippen LogP contribution in [0.4, 0.5) is 4.39 Å². The molecule has 0 aliphatic rings. The van der Waals surface area contributed by atoms with E-state index in [2.05, 4.69) is 0 Å². The Hall–Kier alpha value is -1.91. The molecule has 0 radical (unpaired) electrons. The summed E-state index contributed by atoms with van der Waals surface area (Å²) >= 11 is 0. The monoisotopic (exact) mass is 267 g/mol. The second-order valence-corrected chi connectivity index (χ2v) is 4.77. The summed E-state index contributed by atoms with van der Waals surface area (Å²) in [4.78, 5) is 24.2. The van der Waals surface area contributed by atoms with Gasteiger partial charge in [-0.05, 0) is 18.1 Å². The Kier molecular flexibility index (Phi) is 5.48. The maximum atomic E-state index is 13.6. The highest BCUT2D eigenvalue weighted by molar-refractivity contribution is 5.94. The summed E-state index contributed by atoms with van der Waals surface area (Å²) in [7, 11) is 0. The lowest BCUT2D eigenvalue weighted by molar-refractivity contribution is -0.137. The molecule has 0 atom stereocenters. The fourth-order valence-electron chi connectivity index (χ4n) is 1.75. The van der Waals surface area contributed by atoms with Crippen molar-refractivity contribution in [2.24, 2.45) is 5.92 Å². The molecule has 5 heteroatoms. The van der Waals surface area contributed by atoms with E-state index in [0.717, 1.165) is 0 Å². The molecule has 0 unspecified atom stereocenters. The maximum Gasteiger partial charge on any atom is 0.305 e. The summed E-state index contributed by atoms with van der Waals surface area (Å²) < 4.78 is 13.6. The normalized spacial score (nSPS) is 10.5. The van der Waals surface area contributed by atoms with Gasteiger partial charge in [0.15, 0.2) is 0 Å². The van der Waals surface area contributed by atoms with E-state index in [9.17, 15) is 14.0 Å². The third kappa shape index (κ3) is 4.69. The standard InChI is InChI=1S/C14H18FNO3/c1-10(2)9-16(8-7-13(17)18)14(19)11-5-3-4-6-12(11)15/h3-6,10H,7-9H2,1-2H3,(H,17,18). The van der Waals surface area contributed by atoms with Crippen LogP contribution in [-0.4, -0.2) is 35.0 Å². The number of hydrogen-bond acceptors (Lipinski definition) is 2. The number of aliphatic carboxylic acids is 1. The van der Waals surface area contributed by atoms with Gasteiger partial charge in [0, 0.05) is 13.1 Å². The molecule has 0 bridgehead atoms. The number of carboxylic acids is 1. The van der Waals surface area contributed by atoms with Crippen LogP contribution in [0.25, 0.3) is 0 Å². The minimum absolute atomic E-state index is 0.0199. The van der Waals surface area contributed by atoms with Gasteiger partial charge in [-0.3, -0.25) is 9.59 Å². The first-order valence-corrected chi connectivity index (χ1v) is 6.17. The SMILES string of the molecule is CC(C)CN(CCC(=O)O)C(=O)c1ccccc1F. The predicted octanol–water partition coefficient (Wildman–Crippen LogP) is 2.40. The zero-order chi connectivity index (χ0) is 14.4. The molecule has 4 nitrogen and oxygen atoms in total. The average Bonchev–Trinajstić information content (AvgIpc) is 2.33. The van der Waals surface area contributed by atoms with Gasteiger partial charge >= 0.3 is 5.97 Å². The summed E-state index contributed by atoms with van der Waals surface area (Å²) in [5, 5.41) is 8.69. The number of amides is 1. The van der Waals surface area contributed by atoms with Crippen LogP contribution >= 0.6 is 0 Å². The number of carbonyl (C=O) groups is 2. The molecule has 1 N–H and O–H groups in total. The molecule has 1 rings (SSSR count). The van der Waals surface area contributed by atoms with Gasteiger partial charge < -0.3 is 10.0 Å². The van der Waals surface area contributed by atoms with Gasteiger partial charge in [-0.25, -0.2) is 4.39 Å². The van der Waals surface area contributed by atoms with Crippen LogP contribution in [0, 0.1) is 11.7 Å². The van der Waals surface area contributed by atoms with Crippen LogP contribution in [0.3, 0.4) is 0 Å². The molecule has 0 aliphatic carbocycles. The topological polar surface area (TPSA) is 57.6 Å². The number of carboxylic acid groups (broad SMARTS) is 1. The number of hydrogen-bond donors (Lipinski definition) is 1. The van der Waals surface area contributed by atoms with E-state index in [-0.39, 0.29) is 24.4 Å². The summed E-state index contributed by atoms with van der Waals surface area (Å²) in [5.74, 6) is -1.84. The lowest BCUT2D eigenvalue weighted by Crippen LogP contribution is -2.36. The molecule has 0 fully saturated rings. The van der Waals surface area contributed by atoms with Crippen molar-refractivity contribution in [3.8, 4) is 0 Å². The minimum Gasteiger partial charge on any atom is -0.481 e. The van der Waals surface area contributed by atoms with E-state index in [0.29, 0.717) is 6.54 Å². The Bertz CT molecular complexity index is 460. The van der Waals surface area contributed by atoms with E-state index in [4.69, 9.17) is 5.11 Å². The van der Waals surface area contributed by atoms with Crippen LogP contribution in [0.1, 0.15) is 30.6 Å². The Balaban J connectivity index is 2.87. The smallest absolute Gasteiger partial charge is 0.305 e. The van der Waals surface area contributed by atoms with Gasteiger partial charge in [0.05, 0.1) is 12.0 Å². The van der Waals surface area contributed by atoms with Gasteiger partial charge in [-0.1, -0.05) is 26.0 Å². The largest absolute Gasteiger partial charge is 0.481 e. The predicted molar refractivity (Wildman–Crippen MR) is 69.4 cm³/mol. The second-order valence-electron chi connectivity index (χ2n) is 4.77. The van der Waals surface area contributed by atoms with E-state index in [1.165, 1.54) is 23.1 Å². The highest BCUT2D eigenvalue weighted by atomic mass is 19.1. The molecule has 104 valence electrons. The maximum absolute atomic E-state index is 13.6. The van der Waals surface area contributed by atoms with Crippen LogP contribution < -0.4 is 0 Å². The summed E-state index contributed by atoms with van der Waals surface area (Å²) in [6.45, 7) is 4.33. The van der Waals surface area contributed by atoms with Crippen molar-refractivity contribution >= 4 is 11.9 Å². The van der Waals surface area contributed by atoms with Crippen molar-refractivity contribution in [3.63, 3.8) is 0 Å². The fourth-order valence-corrected chi connectivity index (χ4v) is 1.75. The summed E-state index contributed by atoms with van der Waals surface area (Å²) in [6, 6.07) is 5.72. The highest BCUT2D eigenvalue weighted by Crippen LogP contribution is 2.12. The molecule has 1 aromatic carbocycles. The summed E-state index contributed by atoms with van der Waals surface area (Å²) in [5.41, 5.74) is -0.0199. The number of nitrogens with zero attached hydrogens (tertiary/aromatic N) is 1. The first-order chi connectivity index (χ1) is 8.91. The van der Waals surface area contributed by atoms with Gasteiger partial charge in [0.2, 0.25) is 0 Å². The number of halogens is 1. The van der Waals surface area contributed by atoms with Gasteiger partial charge in [-0.15, -0.1) is 0 Å². The Morgan fingerprint density at radius 1 is 1.32 bits per heavy atom. The Morgan fingerprint density at radius 3 is 2.47 bits per heavy atom. The van der Waals surface area contributed by atoms with Crippen molar-refractivity contribution in [1.82, 2.24) is 4.90 Å². The molecular weight excluding hydrogens is 249 g/mol. The molecule has 0 heterocycles. The van der Waals surface area contributed by atoms with E-state index in [1.54, 1.807) is 6.07 Å². The van der Waals surface area contributed by atoms with Crippen molar-refractivity contribution in [2.45, 2.75) is 20.3 Å². The highest BCUT2D eigenvalue weighted by Gasteiger charge is 2.20. The molecule has 19 heavy (non-hydrogen) atoms. The van der Waals surface area contributed by atoms with Gasteiger partial charge in [-0.2, -0.15) is 0 Å². The van der Waals surface area contributed by atoms with E-state index < -0.39 is 17.7 Å². The zero-order valence-electron chi connectivity index (χ0n) is 11.1. The molecule has 1 aromatic rings. The second kappa shape index (κ2) is 6.87. The van der Waals surface area contributed by atoms with Gasteiger partial charge in [0.1, 0.15) is 5.82 Å². The Morgan fingerprint density at radius 2 is 1.95 bits per heavy atom. The van der Waals surface area contributed by atoms with Crippen LogP contribution in [0.5, 0.6) is 0 Å². The first kappa shape index (κ1) is 15.1. The molecular formula is C14H18FNO3. The number of rotatable bonds is 6. The molecule has 0 aliphatic heterocycles. The Labute approximate surface area is 111 Å². The molecule has 1 amide bonds. The fraction of sp³-hybridized carbons (Fsp3) is 0.429. The molecule has 0 aromatic heterocycles. The number of benzene rings is 1.